The van der Waals surface area contributed by atoms with Gasteiger partial charge in [0.15, 0.2) is 5.60 Å². The van der Waals surface area contributed by atoms with E-state index >= 15 is 0 Å². The molecule has 0 saturated heterocycles. The van der Waals surface area contributed by atoms with Crippen molar-refractivity contribution in [1.29, 1.82) is 5.26 Å². The second-order valence-electron chi connectivity index (χ2n) is 6.91. The Morgan fingerprint density at radius 1 is 1.29 bits per heavy atom. The predicted octanol–water partition coefficient (Wildman–Crippen LogP) is 2.77. The largest absolute Gasteiger partial charge is 0.478 e. The van der Waals surface area contributed by atoms with Gasteiger partial charge in [0, 0.05) is 18.6 Å². The molecule has 1 saturated carbocycles. The first-order valence-electron chi connectivity index (χ1n) is 8.57. The lowest BCUT2D eigenvalue weighted by atomic mass is 9.94. The Kier molecular flexibility index (Phi) is 6.22. The zero-order chi connectivity index (χ0) is 17.6. The van der Waals surface area contributed by atoms with Crippen LogP contribution in [-0.2, 0) is 4.79 Å². The van der Waals surface area contributed by atoms with E-state index in [0.717, 1.165) is 32.1 Å². The van der Waals surface area contributed by atoms with Crippen molar-refractivity contribution in [3.05, 3.63) is 29.8 Å². The minimum absolute atomic E-state index is 0.00570. The van der Waals surface area contributed by atoms with Crippen LogP contribution in [0.15, 0.2) is 24.3 Å². The van der Waals surface area contributed by atoms with E-state index < -0.39 is 5.60 Å². The lowest BCUT2D eigenvalue weighted by Crippen LogP contribution is -2.52. The molecule has 1 amide bonds. The molecule has 2 rings (SSSR count). The van der Waals surface area contributed by atoms with E-state index in [1.807, 2.05) is 0 Å². The van der Waals surface area contributed by atoms with Crippen LogP contribution in [0.3, 0.4) is 0 Å². The maximum absolute atomic E-state index is 12.7. The minimum Gasteiger partial charge on any atom is -0.478 e. The van der Waals surface area contributed by atoms with Gasteiger partial charge in [-0.2, -0.15) is 5.26 Å². The van der Waals surface area contributed by atoms with E-state index in [1.165, 1.54) is 0 Å². The highest BCUT2D eigenvalue weighted by Gasteiger charge is 2.34. The Balaban J connectivity index is 2.01. The molecular formula is C19H26N2O3. The van der Waals surface area contributed by atoms with Gasteiger partial charge in [-0.25, -0.2) is 0 Å². The molecule has 2 atom stereocenters. The molecule has 5 heteroatoms. The maximum Gasteiger partial charge on any atom is 0.263 e. The van der Waals surface area contributed by atoms with Gasteiger partial charge in [-0.15, -0.1) is 0 Å². The third-order valence-electron chi connectivity index (χ3n) is 4.61. The summed E-state index contributed by atoms with van der Waals surface area (Å²) in [7, 11) is 0. The number of rotatable bonds is 5. The molecule has 0 heterocycles. The lowest BCUT2D eigenvalue weighted by Gasteiger charge is -2.30. The van der Waals surface area contributed by atoms with Crippen molar-refractivity contribution in [1.82, 2.24) is 5.32 Å². The fraction of sp³-hybridized carbons (Fsp3) is 0.579. The molecular weight excluding hydrogens is 304 g/mol. The molecule has 2 unspecified atom stereocenters. The second-order valence-corrected chi connectivity index (χ2v) is 6.91. The van der Waals surface area contributed by atoms with Gasteiger partial charge >= 0.3 is 0 Å². The summed E-state index contributed by atoms with van der Waals surface area (Å²) in [5, 5.41) is 21.5. The monoisotopic (exact) mass is 330 g/mol. The molecule has 1 fully saturated rings. The first-order chi connectivity index (χ1) is 11.5. The molecule has 0 aromatic heterocycles. The number of aliphatic hydroxyl groups excluding tert-OH is 1. The van der Waals surface area contributed by atoms with E-state index in [-0.39, 0.29) is 24.5 Å². The van der Waals surface area contributed by atoms with E-state index in [1.54, 1.807) is 38.1 Å². The fourth-order valence-corrected chi connectivity index (χ4v) is 3.07. The van der Waals surface area contributed by atoms with Gasteiger partial charge in [0.2, 0.25) is 0 Å². The van der Waals surface area contributed by atoms with Crippen molar-refractivity contribution in [3.63, 3.8) is 0 Å². The molecule has 0 aliphatic heterocycles. The van der Waals surface area contributed by atoms with Gasteiger partial charge < -0.3 is 15.2 Å². The molecule has 2 N–H and O–H groups in total. The molecule has 0 spiro atoms. The Labute approximate surface area is 143 Å². The summed E-state index contributed by atoms with van der Waals surface area (Å²) >= 11 is 0. The van der Waals surface area contributed by atoms with Crippen LogP contribution < -0.4 is 10.1 Å². The quantitative estimate of drug-likeness (QED) is 0.813. The average Bonchev–Trinajstić information content (AvgIpc) is 2.80. The van der Waals surface area contributed by atoms with Crippen molar-refractivity contribution in [2.24, 2.45) is 5.92 Å². The van der Waals surface area contributed by atoms with Crippen LogP contribution in [0, 0.1) is 17.2 Å². The number of ether oxygens (including phenoxy) is 1. The summed E-state index contributed by atoms with van der Waals surface area (Å²) in [6.07, 6.45) is 5.15. The number of nitrogens with one attached hydrogen (secondary N) is 1. The van der Waals surface area contributed by atoms with E-state index in [9.17, 15) is 9.90 Å². The molecule has 5 nitrogen and oxygen atoms in total. The fourth-order valence-electron chi connectivity index (χ4n) is 3.07. The first kappa shape index (κ1) is 18.3. The summed E-state index contributed by atoms with van der Waals surface area (Å²) in [6.45, 7) is 3.55. The van der Waals surface area contributed by atoms with Gasteiger partial charge in [0.25, 0.3) is 5.91 Å². The lowest BCUT2D eigenvalue weighted by molar-refractivity contribution is -0.135. The number of hydrogen-bond acceptors (Lipinski definition) is 4. The summed E-state index contributed by atoms with van der Waals surface area (Å²) < 4.78 is 5.82. The third-order valence-corrected chi connectivity index (χ3v) is 4.61. The Hall–Kier alpha value is -2.06. The Morgan fingerprint density at radius 2 is 1.96 bits per heavy atom. The number of amides is 1. The standard InChI is InChI=1S/C19H26N2O3/c1-19(2,24-16-10-8-14(12-20)9-11-16)18(23)21-17-7-5-3-4-6-15(17)13-22/h8-11,15,17,22H,3-7,13H2,1-2H3,(H,21,23). The second kappa shape index (κ2) is 8.16. The number of benzene rings is 1. The molecule has 1 aromatic rings. The SMILES string of the molecule is CC(C)(Oc1ccc(C#N)cc1)C(=O)NC1CCCCCC1CO. The van der Waals surface area contributed by atoms with E-state index in [0.29, 0.717) is 11.3 Å². The van der Waals surface area contributed by atoms with E-state index in [2.05, 4.69) is 11.4 Å². The van der Waals surface area contributed by atoms with Crippen LogP contribution in [0.4, 0.5) is 0 Å². The van der Waals surface area contributed by atoms with Gasteiger partial charge in [0.05, 0.1) is 11.6 Å². The molecule has 24 heavy (non-hydrogen) atoms. The van der Waals surface area contributed by atoms with Crippen LogP contribution in [0.2, 0.25) is 0 Å². The predicted molar refractivity (Wildman–Crippen MR) is 91.5 cm³/mol. The van der Waals surface area contributed by atoms with Crippen LogP contribution in [-0.4, -0.2) is 29.3 Å². The number of carbonyl (C=O) groups is 1. The zero-order valence-corrected chi connectivity index (χ0v) is 14.4. The summed E-state index contributed by atoms with van der Waals surface area (Å²) in [4.78, 5) is 12.7. The highest BCUT2D eigenvalue weighted by atomic mass is 16.5. The van der Waals surface area contributed by atoms with Crippen LogP contribution in [0.1, 0.15) is 51.5 Å². The summed E-state index contributed by atoms with van der Waals surface area (Å²) in [5.74, 6) is 0.480. The van der Waals surface area contributed by atoms with Crippen LogP contribution >= 0.6 is 0 Å². The van der Waals surface area contributed by atoms with Gasteiger partial charge in [0.1, 0.15) is 5.75 Å². The van der Waals surface area contributed by atoms with Crippen molar-refractivity contribution in [2.45, 2.75) is 57.6 Å². The molecule has 0 radical (unpaired) electrons. The van der Waals surface area contributed by atoms with Crippen molar-refractivity contribution < 1.29 is 14.6 Å². The van der Waals surface area contributed by atoms with Crippen molar-refractivity contribution in [2.75, 3.05) is 6.61 Å². The number of aliphatic hydroxyl groups is 1. The number of carbonyl (C=O) groups excluding carboxylic acids is 1. The maximum atomic E-state index is 12.7. The number of hydrogen-bond donors (Lipinski definition) is 2. The molecule has 0 bridgehead atoms. The summed E-state index contributed by atoms with van der Waals surface area (Å²) in [5.41, 5.74) is -0.477. The highest BCUT2D eigenvalue weighted by molar-refractivity contribution is 5.85. The summed E-state index contributed by atoms with van der Waals surface area (Å²) in [6, 6.07) is 8.75. The minimum atomic E-state index is -1.03. The van der Waals surface area contributed by atoms with Crippen LogP contribution in [0.25, 0.3) is 0 Å². The number of nitriles is 1. The van der Waals surface area contributed by atoms with Gasteiger partial charge in [-0.3, -0.25) is 4.79 Å². The van der Waals surface area contributed by atoms with Crippen molar-refractivity contribution in [3.8, 4) is 11.8 Å². The van der Waals surface area contributed by atoms with Crippen molar-refractivity contribution >= 4 is 5.91 Å². The Bertz CT molecular complexity index is 590. The van der Waals surface area contributed by atoms with Gasteiger partial charge in [-0.1, -0.05) is 19.3 Å². The van der Waals surface area contributed by atoms with Crippen LogP contribution in [0.5, 0.6) is 5.75 Å². The molecule has 1 aromatic carbocycles. The van der Waals surface area contributed by atoms with Gasteiger partial charge in [-0.05, 0) is 51.0 Å². The highest BCUT2D eigenvalue weighted by Crippen LogP contribution is 2.25. The smallest absolute Gasteiger partial charge is 0.263 e. The topological polar surface area (TPSA) is 82.3 Å². The zero-order valence-electron chi connectivity index (χ0n) is 14.4. The molecule has 1 aliphatic rings. The Morgan fingerprint density at radius 3 is 2.58 bits per heavy atom. The normalized spacial score (nSPS) is 21.4. The molecule has 130 valence electrons. The first-order valence-corrected chi connectivity index (χ1v) is 8.57. The van der Waals surface area contributed by atoms with E-state index in [4.69, 9.17) is 10.00 Å². The molecule has 1 aliphatic carbocycles. The number of nitrogens with zero attached hydrogens (tertiary/aromatic N) is 1. The third kappa shape index (κ3) is 4.72. The average molecular weight is 330 g/mol.